The number of nitrogens with zero attached hydrogens (tertiary/aromatic N) is 1. The summed E-state index contributed by atoms with van der Waals surface area (Å²) in [4.78, 5) is 11.2. The summed E-state index contributed by atoms with van der Waals surface area (Å²) < 4.78 is 0. The average Bonchev–Trinajstić information content (AvgIpc) is 2.46. The molecular formula is C15H15NO3S. The summed E-state index contributed by atoms with van der Waals surface area (Å²) in [6, 6.07) is 14.1. The molecule has 0 radical (unpaired) electrons. The molecule has 0 amide bonds. The van der Waals surface area contributed by atoms with Gasteiger partial charge in [-0.15, -0.1) is 11.8 Å². The van der Waals surface area contributed by atoms with E-state index >= 15 is 0 Å². The smallest absolute Gasteiger partial charge is 0.269 e. The van der Waals surface area contributed by atoms with Crippen LogP contribution >= 0.6 is 11.8 Å². The number of rotatable bonds is 5. The predicted molar refractivity (Wildman–Crippen MR) is 80.0 cm³/mol. The van der Waals surface area contributed by atoms with Gasteiger partial charge in [0.15, 0.2) is 0 Å². The number of aliphatic hydroxyl groups is 1. The maximum absolute atomic E-state index is 10.6. The maximum Gasteiger partial charge on any atom is 0.269 e. The van der Waals surface area contributed by atoms with E-state index in [0.717, 1.165) is 4.90 Å². The van der Waals surface area contributed by atoms with Crippen molar-refractivity contribution in [2.75, 3.05) is 5.75 Å². The van der Waals surface area contributed by atoms with E-state index in [1.54, 1.807) is 23.9 Å². The van der Waals surface area contributed by atoms with Crippen molar-refractivity contribution in [3.05, 3.63) is 69.8 Å². The Balaban J connectivity index is 1.95. The van der Waals surface area contributed by atoms with E-state index in [1.807, 2.05) is 31.2 Å². The molecule has 0 fully saturated rings. The molecule has 4 nitrogen and oxygen atoms in total. The highest BCUT2D eigenvalue weighted by Gasteiger charge is 2.11. The molecule has 20 heavy (non-hydrogen) atoms. The van der Waals surface area contributed by atoms with Gasteiger partial charge in [0.2, 0.25) is 0 Å². The summed E-state index contributed by atoms with van der Waals surface area (Å²) >= 11 is 1.56. The van der Waals surface area contributed by atoms with Crippen molar-refractivity contribution in [1.82, 2.24) is 0 Å². The lowest BCUT2D eigenvalue weighted by Gasteiger charge is -2.10. The van der Waals surface area contributed by atoms with Crippen LogP contribution in [0.4, 0.5) is 5.69 Å². The molecule has 0 heterocycles. The molecule has 0 unspecified atom stereocenters. The molecule has 0 saturated carbocycles. The highest BCUT2D eigenvalue weighted by molar-refractivity contribution is 7.99. The topological polar surface area (TPSA) is 63.4 Å². The number of hydrogen-bond acceptors (Lipinski definition) is 4. The number of hydrogen-bond donors (Lipinski definition) is 1. The van der Waals surface area contributed by atoms with Crippen molar-refractivity contribution in [3.63, 3.8) is 0 Å². The number of aliphatic hydroxyl groups excluding tert-OH is 1. The van der Waals surface area contributed by atoms with E-state index in [1.165, 1.54) is 17.7 Å². The maximum atomic E-state index is 10.6. The van der Waals surface area contributed by atoms with Crippen LogP contribution in [0.5, 0.6) is 0 Å². The molecule has 1 N–H and O–H groups in total. The molecule has 2 rings (SSSR count). The van der Waals surface area contributed by atoms with Crippen molar-refractivity contribution >= 4 is 17.4 Å². The zero-order chi connectivity index (χ0) is 14.5. The third-order valence-corrected chi connectivity index (χ3v) is 4.01. The van der Waals surface area contributed by atoms with Crippen LogP contribution in [0, 0.1) is 17.0 Å². The van der Waals surface area contributed by atoms with Crippen molar-refractivity contribution in [2.45, 2.75) is 17.9 Å². The Bertz CT molecular complexity index is 581. The molecule has 1 atom stereocenters. The number of aryl methyl sites for hydroxylation is 1. The molecule has 0 spiro atoms. The van der Waals surface area contributed by atoms with Crippen LogP contribution in [0.15, 0.2) is 53.4 Å². The van der Waals surface area contributed by atoms with Gasteiger partial charge in [0.1, 0.15) is 0 Å². The van der Waals surface area contributed by atoms with E-state index in [9.17, 15) is 15.2 Å². The molecule has 2 aromatic rings. The van der Waals surface area contributed by atoms with E-state index in [2.05, 4.69) is 0 Å². The minimum atomic E-state index is -0.637. The number of benzene rings is 2. The summed E-state index contributed by atoms with van der Waals surface area (Å²) in [5.74, 6) is 0.515. The van der Waals surface area contributed by atoms with Gasteiger partial charge in [0, 0.05) is 22.8 Å². The second kappa shape index (κ2) is 6.54. The van der Waals surface area contributed by atoms with Crippen molar-refractivity contribution in [2.24, 2.45) is 0 Å². The van der Waals surface area contributed by atoms with Gasteiger partial charge >= 0.3 is 0 Å². The molecule has 0 bridgehead atoms. The van der Waals surface area contributed by atoms with Crippen LogP contribution in [-0.2, 0) is 0 Å². The lowest BCUT2D eigenvalue weighted by molar-refractivity contribution is -0.384. The molecule has 0 aliphatic heterocycles. The average molecular weight is 289 g/mol. The monoisotopic (exact) mass is 289 g/mol. The Morgan fingerprint density at radius 1 is 1.15 bits per heavy atom. The Kier molecular flexibility index (Phi) is 4.76. The fourth-order valence-electron chi connectivity index (χ4n) is 1.72. The molecule has 104 valence electrons. The Labute approximate surface area is 121 Å². The Hall–Kier alpha value is -1.85. The molecule has 0 aliphatic rings. The van der Waals surface area contributed by atoms with Crippen molar-refractivity contribution in [1.29, 1.82) is 0 Å². The normalized spacial score (nSPS) is 12.1. The summed E-state index contributed by atoms with van der Waals surface area (Å²) in [7, 11) is 0. The summed E-state index contributed by atoms with van der Waals surface area (Å²) in [6.07, 6.45) is -0.637. The lowest BCUT2D eigenvalue weighted by atomic mass is 10.1. The van der Waals surface area contributed by atoms with Crippen LogP contribution in [0.2, 0.25) is 0 Å². The van der Waals surface area contributed by atoms with Gasteiger partial charge in [0.05, 0.1) is 11.0 Å². The highest BCUT2D eigenvalue weighted by atomic mass is 32.2. The minimum Gasteiger partial charge on any atom is -0.388 e. The predicted octanol–water partition coefficient (Wildman–Crippen LogP) is 3.73. The van der Waals surface area contributed by atoms with Gasteiger partial charge in [0.25, 0.3) is 5.69 Å². The molecule has 5 heteroatoms. The van der Waals surface area contributed by atoms with Gasteiger partial charge in [-0.1, -0.05) is 17.7 Å². The second-order valence-electron chi connectivity index (χ2n) is 4.49. The molecular weight excluding hydrogens is 274 g/mol. The first-order valence-corrected chi connectivity index (χ1v) is 7.17. The largest absolute Gasteiger partial charge is 0.388 e. The van der Waals surface area contributed by atoms with Gasteiger partial charge in [-0.3, -0.25) is 10.1 Å². The van der Waals surface area contributed by atoms with E-state index < -0.39 is 11.0 Å². The quantitative estimate of drug-likeness (QED) is 0.517. The Morgan fingerprint density at radius 2 is 1.75 bits per heavy atom. The van der Waals surface area contributed by atoms with Gasteiger partial charge in [-0.2, -0.15) is 0 Å². The summed E-state index contributed by atoms with van der Waals surface area (Å²) in [6.45, 7) is 2.03. The first-order valence-electron chi connectivity index (χ1n) is 6.18. The third-order valence-electron chi connectivity index (χ3n) is 2.92. The molecule has 0 aliphatic carbocycles. The fraction of sp³-hybridized carbons (Fsp3) is 0.200. The summed E-state index contributed by atoms with van der Waals surface area (Å²) in [5, 5.41) is 20.6. The minimum absolute atomic E-state index is 0.0344. The van der Waals surface area contributed by atoms with E-state index in [-0.39, 0.29) is 5.69 Å². The van der Waals surface area contributed by atoms with Crippen molar-refractivity contribution < 1.29 is 10.0 Å². The second-order valence-corrected chi connectivity index (χ2v) is 5.58. The number of thioether (sulfide) groups is 1. The first-order chi connectivity index (χ1) is 9.56. The van der Waals surface area contributed by atoms with Gasteiger partial charge < -0.3 is 5.11 Å². The molecule has 0 saturated heterocycles. The lowest BCUT2D eigenvalue weighted by Crippen LogP contribution is -2.00. The van der Waals surface area contributed by atoms with Crippen molar-refractivity contribution in [3.8, 4) is 0 Å². The number of nitro benzene ring substituents is 1. The van der Waals surface area contributed by atoms with Crippen LogP contribution in [0.3, 0.4) is 0 Å². The third kappa shape index (κ3) is 3.82. The molecule has 0 aromatic heterocycles. The van der Waals surface area contributed by atoms with Gasteiger partial charge in [-0.25, -0.2) is 0 Å². The number of nitro groups is 1. The van der Waals surface area contributed by atoms with Crippen LogP contribution < -0.4 is 0 Å². The number of non-ortho nitro benzene ring substituents is 1. The standard InChI is InChI=1S/C15H15NO3S/c1-11-2-8-14(9-3-11)20-10-15(17)12-4-6-13(7-5-12)16(18)19/h2-9,15,17H,10H2,1H3/t15-/m1/s1. The van der Waals surface area contributed by atoms with Crippen LogP contribution in [0.1, 0.15) is 17.2 Å². The van der Waals surface area contributed by atoms with Gasteiger partial charge in [-0.05, 0) is 36.8 Å². The van der Waals surface area contributed by atoms with Crippen LogP contribution in [0.25, 0.3) is 0 Å². The SMILES string of the molecule is Cc1ccc(SC[C@@H](O)c2ccc([N+](=O)[O-])cc2)cc1. The highest BCUT2D eigenvalue weighted by Crippen LogP contribution is 2.26. The van der Waals surface area contributed by atoms with Crippen LogP contribution in [-0.4, -0.2) is 15.8 Å². The zero-order valence-electron chi connectivity index (χ0n) is 11.0. The fourth-order valence-corrected chi connectivity index (χ4v) is 2.60. The molecule has 2 aromatic carbocycles. The first kappa shape index (κ1) is 14.6. The van der Waals surface area contributed by atoms with E-state index in [0.29, 0.717) is 11.3 Å². The summed E-state index contributed by atoms with van der Waals surface area (Å²) in [5.41, 5.74) is 1.92. The Morgan fingerprint density at radius 3 is 2.30 bits per heavy atom. The zero-order valence-corrected chi connectivity index (χ0v) is 11.8. The van der Waals surface area contributed by atoms with E-state index in [4.69, 9.17) is 0 Å².